The average Bonchev–Trinajstić information content (AvgIpc) is 2.98. The summed E-state index contributed by atoms with van der Waals surface area (Å²) in [6.07, 6.45) is 5.58. The van der Waals surface area contributed by atoms with Crippen LogP contribution < -0.4 is 4.90 Å². The molecule has 3 fully saturated rings. The molecular weight excluding hydrogens is 345 g/mol. The maximum Gasteiger partial charge on any atom is 0.230 e. The van der Waals surface area contributed by atoms with Crippen molar-refractivity contribution in [2.75, 3.05) is 24.5 Å². The number of nitrogens with zero attached hydrogens (tertiary/aromatic N) is 3. The molecule has 1 spiro atoms. The highest BCUT2D eigenvalue weighted by Crippen LogP contribution is 2.44. The number of carbonyl (C=O) groups excluding carboxylic acids is 1. The van der Waals surface area contributed by atoms with Gasteiger partial charge in [0.25, 0.3) is 0 Å². The van der Waals surface area contributed by atoms with E-state index in [2.05, 4.69) is 0 Å². The van der Waals surface area contributed by atoms with Crippen molar-refractivity contribution in [1.29, 1.82) is 5.26 Å². The molecule has 144 valence electrons. The summed E-state index contributed by atoms with van der Waals surface area (Å²) < 4.78 is 14.0. The topological polar surface area (TPSA) is 67.6 Å². The van der Waals surface area contributed by atoms with Crippen molar-refractivity contribution in [3.05, 3.63) is 29.6 Å². The Morgan fingerprint density at radius 3 is 2.70 bits per heavy atom. The van der Waals surface area contributed by atoms with E-state index < -0.39 is 11.2 Å². The van der Waals surface area contributed by atoms with Gasteiger partial charge < -0.3 is 14.9 Å². The van der Waals surface area contributed by atoms with Crippen LogP contribution >= 0.6 is 0 Å². The van der Waals surface area contributed by atoms with E-state index in [1.807, 2.05) is 15.9 Å². The molecule has 0 unspecified atom stereocenters. The number of anilines is 1. The molecule has 1 atom stereocenters. The summed E-state index contributed by atoms with van der Waals surface area (Å²) in [6.45, 7) is 2.06. The van der Waals surface area contributed by atoms with Gasteiger partial charge in [-0.2, -0.15) is 5.26 Å². The van der Waals surface area contributed by atoms with Crippen LogP contribution in [-0.4, -0.2) is 47.7 Å². The summed E-state index contributed by atoms with van der Waals surface area (Å²) in [7, 11) is 0. The molecule has 0 bridgehead atoms. The highest BCUT2D eigenvalue weighted by Gasteiger charge is 2.50. The second kappa shape index (κ2) is 7.12. The van der Waals surface area contributed by atoms with Crippen molar-refractivity contribution < 1.29 is 14.3 Å². The Hall–Kier alpha value is -2.13. The first-order valence-corrected chi connectivity index (χ1v) is 9.97. The zero-order chi connectivity index (χ0) is 19.0. The number of likely N-dealkylation sites (tertiary alicyclic amines) is 1. The molecule has 0 radical (unpaired) electrons. The minimum absolute atomic E-state index is 0.0677. The lowest BCUT2D eigenvalue weighted by Crippen LogP contribution is -2.50. The summed E-state index contributed by atoms with van der Waals surface area (Å²) in [6, 6.07) is 6.93. The van der Waals surface area contributed by atoms with Crippen LogP contribution in [0.3, 0.4) is 0 Å². The van der Waals surface area contributed by atoms with Crippen LogP contribution in [0.5, 0.6) is 0 Å². The Labute approximate surface area is 159 Å². The van der Waals surface area contributed by atoms with E-state index in [1.54, 1.807) is 12.1 Å². The number of benzene rings is 1. The summed E-state index contributed by atoms with van der Waals surface area (Å²) >= 11 is 0. The van der Waals surface area contributed by atoms with Gasteiger partial charge in [0.15, 0.2) is 0 Å². The molecule has 1 N–H and O–H groups in total. The predicted octanol–water partition coefficient (Wildman–Crippen LogP) is 2.82. The maximum atomic E-state index is 14.0. The van der Waals surface area contributed by atoms with E-state index >= 15 is 0 Å². The zero-order valence-corrected chi connectivity index (χ0v) is 15.5. The van der Waals surface area contributed by atoms with Gasteiger partial charge in [-0.1, -0.05) is 6.07 Å². The van der Waals surface area contributed by atoms with Gasteiger partial charge >= 0.3 is 0 Å². The summed E-state index contributed by atoms with van der Waals surface area (Å²) in [4.78, 5) is 17.4. The molecule has 27 heavy (non-hydrogen) atoms. The number of hydrogen-bond donors (Lipinski definition) is 1. The summed E-state index contributed by atoms with van der Waals surface area (Å²) in [5.41, 5.74) is 0.245. The molecule has 2 heterocycles. The van der Waals surface area contributed by atoms with E-state index in [1.165, 1.54) is 6.07 Å². The van der Waals surface area contributed by atoms with Crippen LogP contribution in [0.4, 0.5) is 10.1 Å². The molecular formula is C21H26FN3O2. The van der Waals surface area contributed by atoms with Gasteiger partial charge in [-0.05, 0) is 57.1 Å². The number of carbonyl (C=O) groups is 1. The minimum atomic E-state index is -0.505. The van der Waals surface area contributed by atoms with Crippen LogP contribution in [0.1, 0.15) is 50.5 Å². The van der Waals surface area contributed by atoms with Crippen molar-refractivity contribution in [3.8, 4) is 6.07 Å². The SMILES string of the molecule is N#Cc1c(F)cccc1N1CCC[C@]2(CCN([C@H]3CC[C@H](O)CC3)C2=O)C1. The van der Waals surface area contributed by atoms with Gasteiger partial charge in [-0.15, -0.1) is 0 Å². The fraction of sp³-hybridized carbons (Fsp3) is 0.619. The molecule has 0 aromatic heterocycles. The number of amides is 1. The fourth-order valence-electron chi connectivity index (χ4n) is 5.17. The Bertz CT molecular complexity index is 769. The molecule has 2 saturated heterocycles. The monoisotopic (exact) mass is 371 g/mol. The quantitative estimate of drug-likeness (QED) is 0.868. The van der Waals surface area contributed by atoms with Gasteiger partial charge in [0.2, 0.25) is 5.91 Å². The van der Waals surface area contributed by atoms with E-state index in [0.717, 1.165) is 58.0 Å². The third-order valence-electron chi connectivity index (χ3n) is 6.67. The Morgan fingerprint density at radius 2 is 1.96 bits per heavy atom. The second-order valence-electron chi connectivity index (χ2n) is 8.26. The highest BCUT2D eigenvalue weighted by atomic mass is 19.1. The van der Waals surface area contributed by atoms with Gasteiger partial charge in [0.1, 0.15) is 17.4 Å². The molecule has 2 aliphatic heterocycles. The van der Waals surface area contributed by atoms with Crippen LogP contribution in [-0.2, 0) is 4.79 Å². The molecule has 1 aromatic carbocycles. The summed E-state index contributed by atoms with van der Waals surface area (Å²) in [5.74, 6) is -0.293. The fourth-order valence-corrected chi connectivity index (χ4v) is 5.17. The van der Waals surface area contributed by atoms with Gasteiger partial charge in [0, 0.05) is 25.7 Å². The number of halogens is 1. The van der Waals surface area contributed by atoms with Crippen LogP contribution in [0.15, 0.2) is 18.2 Å². The molecule has 4 rings (SSSR count). The first-order valence-electron chi connectivity index (χ1n) is 9.97. The van der Waals surface area contributed by atoms with Gasteiger partial charge in [-0.25, -0.2) is 4.39 Å². The van der Waals surface area contributed by atoms with Gasteiger partial charge in [-0.3, -0.25) is 4.79 Å². The number of nitriles is 1. The normalized spacial score (nSPS) is 31.4. The molecule has 1 saturated carbocycles. The lowest BCUT2D eigenvalue weighted by Gasteiger charge is -2.41. The number of rotatable bonds is 2. The second-order valence-corrected chi connectivity index (χ2v) is 8.26. The third-order valence-corrected chi connectivity index (χ3v) is 6.67. The smallest absolute Gasteiger partial charge is 0.230 e. The molecule has 1 aliphatic carbocycles. The lowest BCUT2D eigenvalue weighted by molar-refractivity contribution is -0.139. The standard InChI is InChI=1S/C21H26FN3O2/c22-18-3-1-4-19(17(18)13-23)24-11-2-9-21(14-24)10-12-25(20(21)27)15-5-7-16(26)8-6-15/h1,3-4,15-16,26H,2,5-12,14H2/t15-,16-,21-/m0/s1. The van der Waals surface area contributed by atoms with Crippen LogP contribution in [0.25, 0.3) is 0 Å². The Balaban J connectivity index is 1.54. The first-order chi connectivity index (χ1) is 13.0. The highest BCUT2D eigenvalue weighted by molar-refractivity contribution is 5.86. The van der Waals surface area contributed by atoms with E-state index in [9.17, 15) is 19.6 Å². The summed E-state index contributed by atoms with van der Waals surface area (Å²) in [5, 5.41) is 19.1. The van der Waals surface area contributed by atoms with Crippen molar-refractivity contribution in [1.82, 2.24) is 4.90 Å². The van der Waals surface area contributed by atoms with Gasteiger partial charge in [0.05, 0.1) is 17.2 Å². The number of aliphatic hydroxyl groups excluding tert-OH is 1. The molecule has 1 aromatic rings. The number of aliphatic hydroxyl groups is 1. The largest absolute Gasteiger partial charge is 0.393 e. The van der Waals surface area contributed by atoms with Crippen molar-refractivity contribution >= 4 is 11.6 Å². The number of piperidine rings is 1. The Morgan fingerprint density at radius 1 is 1.19 bits per heavy atom. The van der Waals surface area contributed by atoms with E-state index in [4.69, 9.17) is 0 Å². The van der Waals surface area contributed by atoms with E-state index in [-0.39, 0.29) is 23.6 Å². The average molecular weight is 371 g/mol. The Kier molecular flexibility index (Phi) is 4.81. The molecule has 5 nitrogen and oxygen atoms in total. The van der Waals surface area contributed by atoms with Crippen molar-refractivity contribution in [2.24, 2.45) is 5.41 Å². The van der Waals surface area contributed by atoms with Crippen molar-refractivity contribution in [2.45, 2.75) is 57.1 Å². The minimum Gasteiger partial charge on any atom is -0.393 e. The predicted molar refractivity (Wildman–Crippen MR) is 99.6 cm³/mol. The van der Waals surface area contributed by atoms with Crippen molar-refractivity contribution in [3.63, 3.8) is 0 Å². The number of hydrogen-bond acceptors (Lipinski definition) is 4. The first kappa shape index (κ1) is 18.2. The zero-order valence-electron chi connectivity index (χ0n) is 15.5. The molecule has 3 aliphatic rings. The molecule has 6 heteroatoms. The molecule has 1 amide bonds. The van der Waals surface area contributed by atoms with Crippen LogP contribution in [0, 0.1) is 22.6 Å². The maximum absolute atomic E-state index is 14.0. The van der Waals surface area contributed by atoms with Crippen LogP contribution in [0.2, 0.25) is 0 Å². The lowest BCUT2D eigenvalue weighted by atomic mass is 9.78. The third kappa shape index (κ3) is 3.19. The van der Waals surface area contributed by atoms with E-state index in [0.29, 0.717) is 12.2 Å².